The molecule has 0 bridgehead atoms. The van der Waals surface area contributed by atoms with Crippen LogP contribution in [0.2, 0.25) is 5.02 Å². The van der Waals surface area contributed by atoms with E-state index >= 15 is 0 Å². The van der Waals surface area contributed by atoms with Gasteiger partial charge in [0.1, 0.15) is 6.54 Å². The molecule has 1 unspecified atom stereocenters. The molecule has 0 spiro atoms. The Balaban J connectivity index is 1.46. The van der Waals surface area contributed by atoms with Gasteiger partial charge in [-0.05, 0) is 67.3 Å². The molecule has 3 aromatic rings. The fourth-order valence-electron chi connectivity index (χ4n) is 3.69. The van der Waals surface area contributed by atoms with E-state index < -0.39 is 0 Å². The van der Waals surface area contributed by atoms with Gasteiger partial charge in [-0.25, -0.2) is 0 Å². The third-order valence-corrected chi connectivity index (χ3v) is 6.52. The summed E-state index contributed by atoms with van der Waals surface area (Å²) in [7, 11) is 0. The molecular formula is C20H22ClN5OS2. The standard InChI is InChI=1S/C20H22ClN5OS2/c21-15-6-3-5-14(11-15)16(25-8-1-2-9-25)12-22-18(27)13-26-19(23-24-20(26)28)17-7-4-10-29-17/h3-7,10-11,16H,1-2,8-9,12-13H2,(H,22,27)(H,24,28). The second kappa shape index (κ2) is 9.21. The zero-order valence-corrected chi connectivity index (χ0v) is 18.2. The smallest absolute Gasteiger partial charge is 0.240 e. The Morgan fingerprint density at radius 2 is 2.14 bits per heavy atom. The number of H-pyrrole nitrogens is 1. The Bertz CT molecular complexity index is 1020. The van der Waals surface area contributed by atoms with Crippen molar-refractivity contribution in [2.45, 2.75) is 25.4 Å². The predicted octanol–water partition coefficient (Wildman–Crippen LogP) is 4.28. The van der Waals surface area contributed by atoms with Gasteiger partial charge in [0.15, 0.2) is 10.6 Å². The summed E-state index contributed by atoms with van der Waals surface area (Å²) < 4.78 is 2.18. The van der Waals surface area contributed by atoms with Gasteiger partial charge in [0, 0.05) is 11.6 Å². The van der Waals surface area contributed by atoms with E-state index in [9.17, 15) is 4.79 Å². The van der Waals surface area contributed by atoms with Crippen LogP contribution in [-0.2, 0) is 11.3 Å². The van der Waals surface area contributed by atoms with E-state index in [-0.39, 0.29) is 18.5 Å². The highest BCUT2D eigenvalue weighted by Crippen LogP contribution is 2.27. The summed E-state index contributed by atoms with van der Waals surface area (Å²) in [5, 5.41) is 12.8. The highest BCUT2D eigenvalue weighted by Gasteiger charge is 2.24. The molecule has 2 aromatic heterocycles. The van der Waals surface area contributed by atoms with E-state index in [4.69, 9.17) is 23.8 Å². The van der Waals surface area contributed by atoms with Crippen molar-refractivity contribution in [1.29, 1.82) is 0 Å². The van der Waals surface area contributed by atoms with E-state index in [1.165, 1.54) is 12.8 Å². The lowest BCUT2D eigenvalue weighted by molar-refractivity contribution is -0.121. The number of aromatic nitrogens is 3. The number of aromatic amines is 1. The summed E-state index contributed by atoms with van der Waals surface area (Å²) in [4.78, 5) is 16.1. The van der Waals surface area contributed by atoms with E-state index in [0.29, 0.717) is 22.2 Å². The first-order valence-corrected chi connectivity index (χ1v) is 11.2. The Morgan fingerprint density at radius 3 is 2.86 bits per heavy atom. The lowest BCUT2D eigenvalue weighted by atomic mass is 10.1. The van der Waals surface area contributed by atoms with Gasteiger partial charge >= 0.3 is 0 Å². The summed E-state index contributed by atoms with van der Waals surface area (Å²) in [6.45, 7) is 2.72. The fraction of sp³-hybridized carbons (Fsp3) is 0.350. The van der Waals surface area contributed by atoms with Crippen LogP contribution >= 0.6 is 35.2 Å². The van der Waals surface area contributed by atoms with Gasteiger partial charge in [0.2, 0.25) is 5.91 Å². The van der Waals surface area contributed by atoms with Crippen molar-refractivity contribution in [2.24, 2.45) is 0 Å². The van der Waals surface area contributed by atoms with Crippen LogP contribution in [0.4, 0.5) is 0 Å². The molecule has 9 heteroatoms. The number of nitrogens with zero attached hydrogens (tertiary/aromatic N) is 3. The first kappa shape index (κ1) is 20.3. The third-order valence-electron chi connectivity index (χ3n) is 5.11. The number of rotatable bonds is 7. The molecule has 1 atom stereocenters. The normalized spacial score (nSPS) is 15.5. The number of halogens is 1. The quantitative estimate of drug-likeness (QED) is 0.530. The van der Waals surface area contributed by atoms with Gasteiger partial charge in [-0.15, -0.1) is 11.3 Å². The van der Waals surface area contributed by atoms with Crippen LogP contribution < -0.4 is 5.32 Å². The molecule has 0 radical (unpaired) electrons. The summed E-state index contributed by atoms with van der Waals surface area (Å²) in [6.07, 6.45) is 2.36. The van der Waals surface area contributed by atoms with Crippen molar-refractivity contribution in [1.82, 2.24) is 25.0 Å². The van der Waals surface area contributed by atoms with Crippen LogP contribution in [0.5, 0.6) is 0 Å². The van der Waals surface area contributed by atoms with Crippen molar-refractivity contribution in [2.75, 3.05) is 19.6 Å². The van der Waals surface area contributed by atoms with Crippen molar-refractivity contribution in [3.63, 3.8) is 0 Å². The first-order valence-electron chi connectivity index (χ1n) is 9.57. The number of amides is 1. The Hall–Kier alpha value is -2.00. The largest absolute Gasteiger partial charge is 0.353 e. The van der Waals surface area contributed by atoms with Gasteiger partial charge in [-0.2, -0.15) is 5.10 Å². The number of hydrogen-bond acceptors (Lipinski definition) is 5. The minimum absolute atomic E-state index is 0.0912. The minimum atomic E-state index is -0.0912. The number of thiophene rings is 1. The number of benzene rings is 1. The maximum absolute atomic E-state index is 12.7. The zero-order chi connectivity index (χ0) is 20.2. The van der Waals surface area contributed by atoms with E-state index in [1.54, 1.807) is 15.9 Å². The first-order chi connectivity index (χ1) is 14.1. The minimum Gasteiger partial charge on any atom is -0.353 e. The highest BCUT2D eigenvalue weighted by atomic mass is 35.5. The second-order valence-electron chi connectivity index (χ2n) is 7.03. The molecule has 6 nitrogen and oxygen atoms in total. The molecule has 1 fully saturated rings. The van der Waals surface area contributed by atoms with Gasteiger partial charge < -0.3 is 5.32 Å². The van der Waals surface area contributed by atoms with Crippen LogP contribution in [0.3, 0.4) is 0 Å². The molecule has 2 N–H and O–H groups in total. The Morgan fingerprint density at radius 1 is 1.31 bits per heavy atom. The van der Waals surface area contributed by atoms with Crippen LogP contribution in [0.1, 0.15) is 24.4 Å². The fourth-order valence-corrected chi connectivity index (χ4v) is 4.81. The molecule has 152 valence electrons. The van der Waals surface area contributed by atoms with Gasteiger partial charge in [-0.3, -0.25) is 19.4 Å². The monoisotopic (exact) mass is 447 g/mol. The molecule has 1 aliphatic heterocycles. The molecule has 1 saturated heterocycles. The molecule has 1 aliphatic rings. The molecule has 29 heavy (non-hydrogen) atoms. The lowest BCUT2D eigenvalue weighted by Crippen LogP contribution is -2.38. The maximum Gasteiger partial charge on any atom is 0.240 e. The van der Waals surface area contributed by atoms with Gasteiger partial charge in [-0.1, -0.05) is 29.8 Å². The summed E-state index contributed by atoms with van der Waals surface area (Å²) >= 11 is 13.1. The van der Waals surface area contributed by atoms with Crippen LogP contribution in [-0.4, -0.2) is 45.2 Å². The topological polar surface area (TPSA) is 66.0 Å². The number of carbonyl (C=O) groups is 1. The number of nitrogens with one attached hydrogen (secondary N) is 2. The van der Waals surface area contributed by atoms with E-state index in [2.05, 4.69) is 26.5 Å². The average Bonchev–Trinajstić information content (AvgIpc) is 3.46. The van der Waals surface area contributed by atoms with Crippen LogP contribution in [0, 0.1) is 4.77 Å². The molecule has 0 aliphatic carbocycles. The summed E-state index contributed by atoms with van der Waals surface area (Å²) in [5.74, 6) is 0.595. The number of hydrogen-bond donors (Lipinski definition) is 2. The molecule has 3 heterocycles. The third kappa shape index (κ3) is 4.78. The predicted molar refractivity (Wildman–Crippen MR) is 119 cm³/mol. The molecule has 4 rings (SSSR count). The maximum atomic E-state index is 12.7. The number of carbonyl (C=O) groups excluding carboxylic acids is 1. The lowest BCUT2D eigenvalue weighted by Gasteiger charge is -2.28. The van der Waals surface area contributed by atoms with Crippen LogP contribution in [0.15, 0.2) is 41.8 Å². The summed E-state index contributed by atoms with van der Waals surface area (Å²) in [6, 6.07) is 11.9. The SMILES string of the molecule is O=C(Cn1c(-c2cccs2)n[nH]c1=S)NCC(c1cccc(Cl)c1)N1CCCC1. The Kier molecular flexibility index (Phi) is 6.44. The number of likely N-dealkylation sites (tertiary alicyclic amines) is 1. The second-order valence-corrected chi connectivity index (χ2v) is 8.80. The van der Waals surface area contributed by atoms with Crippen LogP contribution in [0.25, 0.3) is 10.7 Å². The van der Waals surface area contributed by atoms with Crippen molar-refractivity contribution >= 4 is 41.1 Å². The highest BCUT2D eigenvalue weighted by molar-refractivity contribution is 7.71. The van der Waals surface area contributed by atoms with Crippen molar-refractivity contribution in [3.8, 4) is 10.7 Å². The summed E-state index contributed by atoms with van der Waals surface area (Å²) in [5.41, 5.74) is 1.12. The molecule has 1 aromatic carbocycles. The van der Waals surface area contributed by atoms with Crippen molar-refractivity contribution < 1.29 is 4.79 Å². The van der Waals surface area contributed by atoms with E-state index in [1.807, 2.05) is 35.7 Å². The van der Waals surface area contributed by atoms with E-state index in [0.717, 1.165) is 23.5 Å². The van der Waals surface area contributed by atoms with Gasteiger partial charge in [0.05, 0.1) is 10.9 Å². The average molecular weight is 448 g/mol. The zero-order valence-electron chi connectivity index (χ0n) is 15.8. The van der Waals surface area contributed by atoms with Crippen molar-refractivity contribution in [3.05, 3.63) is 57.1 Å². The molecular weight excluding hydrogens is 426 g/mol. The van der Waals surface area contributed by atoms with Gasteiger partial charge in [0.25, 0.3) is 0 Å². The molecule has 1 amide bonds. The Labute approximate surface area is 183 Å². The molecule has 0 saturated carbocycles.